The first-order valence-electron chi connectivity index (χ1n) is 4.63. The van der Waals surface area contributed by atoms with E-state index in [1.807, 2.05) is 13.8 Å². The molecule has 5 heteroatoms. The number of halogens is 1. The van der Waals surface area contributed by atoms with E-state index in [0.717, 1.165) is 11.1 Å². The Morgan fingerprint density at radius 1 is 1.47 bits per heavy atom. The average molecular weight is 233 g/mol. The minimum absolute atomic E-state index is 0. The summed E-state index contributed by atoms with van der Waals surface area (Å²) >= 11 is 0. The van der Waals surface area contributed by atoms with Crippen molar-refractivity contribution in [1.29, 1.82) is 0 Å². The van der Waals surface area contributed by atoms with Crippen LogP contribution in [0.25, 0.3) is 0 Å². The number of amidine groups is 1. The number of carbonyl (C=O) groups is 1. The highest BCUT2D eigenvalue weighted by Gasteiger charge is 2.23. The van der Waals surface area contributed by atoms with Crippen molar-refractivity contribution < 1.29 is 9.53 Å². The van der Waals surface area contributed by atoms with Crippen LogP contribution < -0.4 is 5.73 Å². The van der Waals surface area contributed by atoms with E-state index in [2.05, 4.69) is 4.99 Å². The molecule has 4 nitrogen and oxygen atoms in total. The molecule has 0 fully saturated rings. The quantitative estimate of drug-likeness (QED) is 0.550. The molecule has 0 aliphatic carbocycles. The SMILES string of the molecule is CC(=O)O[C@@H]1CN=C(N)CC1=C(C)C.Cl. The third-order valence-electron chi connectivity index (χ3n) is 2.17. The summed E-state index contributed by atoms with van der Waals surface area (Å²) in [5.74, 6) is 0.342. The van der Waals surface area contributed by atoms with Crippen LogP contribution in [-0.2, 0) is 9.53 Å². The summed E-state index contributed by atoms with van der Waals surface area (Å²) in [5.41, 5.74) is 7.86. The van der Waals surface area contributed by atoms with E-state index in [1.165, 1.54) is 6.92 Å². The molecule has 0 unspecified atom stereocenters. The first-order valence-corrected chi connectivity index (χ1v) is 4.63. The fourth-order valence-electron chi connectivity index (χ4n) is 1.48. The summed E-state index contributed by atoms with van der Waals surface area (Å²) < 4.78 is 5.15. The zero-order valence-corrected chi connectivity index (χ0v) is 10.1. The van der Waals surface area contributed by atoms with Gasteiger partial charge >= 0.3 is 5.97 Å². The van der Waals surface area contributed by atoms with Crippen LogP contribution in [0.2, 0.25) is 0 Å². The van der Waals surface area contributed by atoms with Gasteiger partial charge in [-0.2, -0.15) is 0 Å². The summed E-state index contributed by atoms with van der Waals surface area (Å²) in [4.78, 5) is 14.9. The molecule has 1 heterocycles. The summed E-state index contributed by atoms with van der Waals surface area (Å²) in [7, 11) is 0. The number of nitrogens with two attached hydrogens (primary N) is 1. The highest BCUT2D eigenvalue weighted by molar-refractivity contribution is 5.85. The molecule has 1 atom stereocenters. The first kappa shape index (κ1) is 14.0. The Morgan fingerprint density at radius 3 is 2.53 bits per heavy atom. The topological polar surface area (TPSA) is 64.7 Å². The van der Waals surface area contributed by atoms with Crippen molar-refractivity contribution in [3.63, 3.8) is 0 Å². The highest BCUT2D eigenvalue weighted by Crippen LogP contribution is 2.20. The normalized spacial score (nSPS) is 20.1. The summed E-state index contributed by atoms with van der Waals surface area (Å²) in [6, 6.07) is 0. The van der Waals surface area contributed by atoms with Crippen LogP contribution in [0.5, 0.6) is 0 Å². The number of nitrogens with zero attached hydrogens (tertiary/aromatic N) is 1. The van der Waals surface area contributed by atoms with E-state index < -0.39 is 0 Å². The fourth-order valence-corrected chi connectivity index (χ4v) is 1.48. The Hall–Kier alpha value is -1.03. The molecule has 1 aliphatic heterocycles. The van der Waals surface area contributed by atoms with E-state index in [4.69, 9.17) is 10.5 Å². The van der Waals surface area contributed by atoms with Gasteiger partial charge in [0.05, 0.1) is 12.4 Å². The average Bonchev–Trinajstić information content (AvgIpc) is 2.07. The Balaban J connectivity index is 0.00000196. The molecule has 0 radical (unpaired) electrons. The maximum atomic E-state index is 10.8. The van der Waals surface area contributed by atoms with Crippen LogP contribution in [0.3, 0.4) is 0 Å². The van der Waals surface area contributed by atoms with Gasteiger partial charge in [-0.3, -0.25) is 9.79 Å². The predicted molar refractivity (Wildman–Crippen MR) is 62.3 cm³/mol. The highest BCUT2D eigenvalue weighted by atomic mass is 35.5. The second kappa shape index (κ2) is 5.75. The van der Waals surface area contributed by atoms with Gasteiger partial charge in [0.1, 0.15) is 6.10 Å². The van der Waals surface area contributed by atoms with Crippen LogP contribution >= 0.6 is 12.4 Å². The molecule has 0 saturated heterocycles. The van der Waals surface area contributed by atoms with Crippen molar-refractivity contribution in [1.82, 2.24) is 0 Å². The lowest BCUT2D eigenvalue weighted by molar-refractivity contribution is -0.144. The molecule has 0 spiro atoms. The largest absolute Gasteiger partial charge is 0.456 e. The number of carbonyl (C=O) groups excluding carboxylic acids is 1. The molecule has 0 aromatic heterocycles. The number of aliphatic imine (C=N–C) groups is 1. The molecule has 15 heavy (non-hydrogen) atoms. The maximum absolute atomic E-state index is 10.8. The summed E-state index contributed by atoms with van der Waals surface area (Å²) in [6.45, 7) is 5.84. The molecular weight excluding hydrogens is 216 g/mol. The minimum atomic E-state index is -0.274. The zero-order valence-electron chi connectivity index (χ0n) is 9.24. The van der Waals surface area contributed by atoms with Gasteiger partial charge in [0.2, 0.25) is 0 Å². The number of hydrogen-bond acceptors (Lipinski definition) is 4. The van der Waals surface area contributed by atoms with Gasteiger partial charge in [0, 0.05) is 13.3 Å². The monoisotopic (exact) mass is 232 g/mol. The lowest BCUT2D eigenvalue weighted by Crippen LogP contribution is -2.31. The van der Waals surface area contributed by atoms with Gasteiger partial charge in [-0.15, -0.1) is 12.4 Å². The van der Waals surface area contributed by atoms with E-state index in [-0.39, 0.29) is 24.5 Å². The number of ether oxygens (including phenoxy) is 1. The Morgan fingerprint density at radius 2 is 2.07 bits per heavy atom. The standard InChI is InChI=1S/C10H16N2O2.ClH/c1-6(2)8-4-10(11)12-5-9(8)14-7(3)13;/h9H,4-5H2,1-3H3,(H2,11,12);1H/t9-;/m1./s1. The van der Waals surface area contributed by atoms with Crippen LogP contribution in [-0.4, -0.2) is 24.5 Å². The third kappa shape index (κ3) is 3.91. The fraction of sp³-hybridized carbons (Fsp3) is 0.600. The predicted octanol–water partition coefficient (Wildman–Crippen LogP) is 1.44. The van der Waals surface area contributed by atoms with Crippen LogP contribution in [0.15, 0.2) is 16.1 Å². The number of esters is 1. The molecule has 0 aromatic carbocycles. The van der Waals surface area contributed by atoms with Gasteiger partial charge in [0.25, 0.3) is 0 Å². The summed E-state index contributed by atoms with van der Waals surface area (Å²) in [5, 5.41) is 0. The number of rotatable bonds is 1. The first-order chi connectivity index (χ1) is 6.50. The van der Waals surface area contributed by atoms with Gasteiger partial charge in [-0.05, 0) is 19.4 Å². The number of allylic oxidation sites excluding steroid dienone is 1. The smallest absolute Gasteiger partial charge is 0.303 e. The molecule has 1 aliphatic rings. The molecule has 2 N–H and O–H groups in total. The molecule has 1 rings (SSSR count). The van der Waals surface area contributed by atoms with E-state index in [1.54, 1.807) is 0 Å². The van der Waals surface area contributed by atoms with Crippen molar-refractivity contribution in [3.05, 3.63) is 11.1 Å². The van der Waals surface area contributed by atoms with Gasteiger partial charge in [0.15, 0.2) is 0 Å². The lowest BCUT2D eigenvalue weighted by atomic mass is 9.98. The van der Waals surface area contributed by atoms with E-state index in [9.17, 15) is 4.79 Å². The van der Waals surface area contributed by atoms with E-state index >= 15 is 0 Å². The molecule has 0 aromatic rings. The minimum Gasteiger partial charge on any atom is -0.456 e. The second-order valence-corrected chi connectivity index (χ2v) is 3.63. The molecule has 0 saturated carbocycles. The van der Waals surface area contributed by atoms with Crippen molar-refractivity contribution in [2.75, 3.05) is 6.54 Å². The second-order valence-electron chi connectivity index (χ2n) is 3.63. The van der Waals surface area contributed by atoms with Crippen molar-refractivity contribution in [2.45, 2.75) is 33.3 Å². The molecule has 0 bridgehead atoms. The third-order valence-corrected chi connectivity index (χ3v) is 2.17. The van der Waals surface area contributed by atoms with Crippen molar-refractivity contribution in [2.24, 2.45) is 10.7 Å². The Labute approximate surface area is 96.0 Å². The molecule has 0 amide bonds. The Kier molecular flexibility index (Phi) is 5.36. The van der Waals surface area contributed by atoms with Crippen LogP contribution in [0.1, 0.15) is 27.2 Å². The Bertz CT molecular complexity index is 307. The van der Waals surface area contributed by atoms with Gasteiger partial charge < -0.3 is 10.5 Å². The zero-order chi connectivity index (χ0) is 10.7. The van der Waals surface area contributed by atoms with Gasteiger partial charge in [-0.25, -0.2) is 0 Å². The van der Waals surface area contributed by atoms with Crippen molar-refractivity contribution >= 4 is 24.2 Å². The van der Waals surface area contributed by atoms with Crippen LogP contribution in [0.4, 0.5) is 0 Å². The van der Waals surface area contributed by atoms with Crippen LogP contribution in [0, 0.1) is 0 Å². The number of hydrogen-bond donors (Lipinski definition) is 1. The lowest BCUT2D eigenvalue weighted by Gasteiger charge is -2.24. The van der Waals surface area contributed by atoms with E-state index in [0.29, 0.717) is 18.8 Å². The van der Waals surface area contributed by atoms with Crippen molar-refractivity contribution in [3.8, 4) is 0 Å². The molecular formula is C10H17ClN2O2. The molecule has 86 valence electrons. The summed E-state index contributed by atoms with van der Waals surface area (Å²) in [6.07, 6.45) is 0.394. The van der Waals surface area contributed by atoms with Gasteiger partial charge in [-0.1, -0.05) is 5.57 Å². The maximum Gasteiger partial charge on any atom is 0.303 e.